The van der Waals surface area contributed by atoms with E-state index in [1.165, 1.54) is 34.0 Å². The number of rotatable bonds is 9. The zero-order valence-electron chi connectivity index (χ0n) is 14.1. The summed E-state index contributed by atoms with van der Waals surface area (Å²) in [5.41, 5.74) is 1.25. The lowest BCUT2D eigenvalue weighted by atomic mass is 10.2. The molecule has 1 aliphatic heterocycles. The van der Waals surface area contributed by atoms with Gasteiger partial charge in [-0.25, -0.2) is 9.78 Å². The van der Waals surface area contributed by atoms with Crippen LogP contribution in [0.4, 0.5) is 0 Å². The maximum absolute atomic E-state index is 12.1. The third-order valence-corrected chi connectivity index (χ3v) is 6.17. The zero-order chi connectivity index (χ0) is 18.4. The van der Waals surface area contributed by atoms with Crippen LogP contribution in [0, 0.1) is 0 Å². The molecule has 2 aromatic heterocycles. The van der Waals surface area contributed by atoms with Gasteiger partial charge in [-0.1, -0.05) is 11.8 Å². The van der Waals surface area contributed by atoms with Crippen molar-refractivity contribution < 1.29 is 14.7 Å². The Kier molecular flexibility index (Phi) is 6.59. The molecule has 0 aliphatic carbocycles. The van der Waals surface area contributed by atoms with E-state index in [4.69, 9.17) is 5.11 Å². The highest BCUT2D eigenvalue weighted by Crippen LogP contribution is 2.24. The van der Waals surface area contributed by atoms with Gasteiger partial charge in [0.05, 0.1) is 0 Å². The van der Waals surface area contributed by atoms with Crippen LogP contribution in [0.25, 0.3) is 0 Å². The molecule has 3 heterocycles. The van der Waals surface area contributed by atoms with Crippen LogP contribution in [0.15, 0.2) is 34.2 Å². The molecule has 9 heteroatoms. The first-order chi connectivity index (χ1) is 12.6. The lowest BCUT2D eigenvalue weighted by Gasteiger charge is -2.25. The topological polar surface area (TPSA) is 95.4 Å². The first-order valence-electron chi connectivity index (χ1n) is 8.34. The monoisotopic (exact) mass is 392 g/mol. The second kappa shape index (κ2) is 9.11. The Balaban J connectivity index is 1.44. The number of aromatic carboxylic acids is 1. The molecule has 1 unspecified atom stereocenters. The van der Waals surface area contributed by atoms with Crippen molar-refractivity contribution >= 4 is 35.0 Å². The summed E-state index contributed by atoms with van der Waals surface area (Å²) in [6.07, 6.45) is 5.00. The molecular weight excluding hydrogens is 372 g/mol. The van der Waals surface area contributed by atoms with Crippen LogP contribution in [-0.2, 0) is 11.3 Å². The highest BCUT2D eigenvalue weighted by atomic mass is 32.2. The van der Waals surface area contributed by atoms with Crippen molar-refractivity contribution in [1.82, 2.24) is 20.2 Å². The maximum Gasteiger partial charge on any atom is 0.355 e. The van der Waals surface area contributed by atoms with E-state index in [1.807, 2.05) is 17.0 Å². The molecule has 1 amide bonds. The van der Waals surface area contributed by atoms with Gasteiger partial charge in [0, 0.05) is 55.6 Å². The van der Waals surface area contributed by atoms with Gasteiger partial charge in [0.25, 0.3) is 0 Å². The number of carbonyl (C=O) groups is 2. The second-order valence-electron chi connectivity index (χ2n) is 5.92. The molecule has 1 fully saturated rings. The summed E-state index contributed by atoms with van der Waals surface area (Å²) in [5, 5.41) is 13.9. The summed E-state index contributed by atoms with van der Waals surface area (Å²) in [7, 11) is 0. The van der Waals surface area contributed by atoms with Crippen LogP contribution < -0.4 is 5.32 Å². The summed E-state index contributed by atoms with van der Waals surface area (Å²) in [6.45, 7) is 2.17. The number of nitrogens with zero attached hydrogens (tertiary/aromatic N) is 3. The minimum absolute atomic E-state index is 0.0768. The molecule has 0 saturated carbocycles. The average Bonchev–Trinajstić information content (AvgIpc) is 3.24. The smallest absolute Gasteiger partial charge is 0.355 e. The minimum atomic E-state index is -1.01. The molecule has 1 saturated heterocycles. The SMILES string of the molecule is O=C(O)c1csc(SCCN2C(=O)CCC2CNCc2ccncc2)n1. The van der Waals surface area contributed by atoms with Crippen molar-refractivity contribution in [2.45, 2.75) is 29.8 Å². The second-order valence-corrected chi connectivity index (χ2v) is 8.12. The van der Waals surface area contributed by atoms with Crippen LogP contribution in [0.5, 0.6) is 0 Å². The molecule has 1 atom stereocenters. The number of thiazole rings is 1. The molecule has 1 aliphatic rings. The van der Waals surface area contributed by atoms with E-state index < -0.39 is 5.97 Å². The van der Waals surface area contributed by atoms with E-state index in [0.29, 0.717) is 18.7 Å². The Labute approximate surface area is 159 Å². The Hall–Kier alpha value is -1.97. The van der Waals surface area contributed by atoms with Gasteiger partial charge in [0.1, 0.15) is 0 Å². The number of carboxylic acid groups (broad SMARTS) is 1. The molecule has 3 rings (SSSR count). The van der Waals surface area contributed by atoms with E-state index in [-0.39, 0.29) is 17.6 Å². The fourth-order valence-electron chi connectivity index (χ4n) is 2.85. The normalized spacial score (nSPS) is 17.0. The largest absolute Gasteiger partial charge is 0.476 e. The van der Waals surface area contributed by atoms with Crippen LogP contribution in [-0.4, -0.2) is 56.7 Å². The quantitative estimate of drug-likeness (QED) is 0.631. The molecular formula is C17H20N4O3S2. The predicted octanol–water partition coefficient (Wildman–Crippen LogP) is 2.11. The van der Waals surface area contributed by atoms with Crippen molar-refractivity contribution in [3.63, 3.8) is 0 Å². The number of hydrogen-bond acceptors (Lipinski definition) is 7. The summed E-state index contributed by atoms with van der Waals surface area (Å²) in [6, 6.07) is 4.15. The van der Waals surface area contributed by atoms with E-state index >= 15 is 0 Å². The van der Waals surface area contributed by atoms with Crippen molar-refractivity contribution in [3.8, 4) is 0 Å². The highest BCUT2D eigenvalue weighted by Gasteiger charge is 2.30. The van der Waals surface area contributed by atoms with Crippen molar-refractivity contribution in [2.24, 2.45) is 0 Å². The summed E-state index contributed by atoms with van der Waals surface area (Å²) < 4.78 is 0.724. The molecule has 26 heavy (non-hydrogen) atoms. The number of hydrogen-bond donors (Lipinski definition) is 2. The first-order valence-corrected chi connectivity index (χ1v) is 10.2. The number of pyridine rings is 1. The standard InChI is InChI=1S/C17H20N4O3S2/c22-15-2-1-13(10-19-9-12-3-5-18-6-4-12)21(15)7-8-25-17-20-14(11-26-17)16(23)24/h3-6,11,13,19H,1-2,7-10H2,(H,23,24). The fraction of sp³-hybridized carbons (Fsp3) is 0.412. The van der Waals surface area contributed by atoms with Crippen LogP contribution >= 0.6 is 23.1 Å². The van der Waals surface area contributed by atoms with E-state index in [1.54, 1.807) is 12.4 Å². The van der Waals surface area contributed by atoms with Gasteiger partial charge in [-0.15, -0.1) is 11.3 Å². The summed E-state index contributed by atoms with van der Waals surface area (Å²) in [5.74, 6) is -0.117. The molecule has 0 radical (unpaired) electrons. The van der Waals surface area contributed by atoms with Gasteiger partial charge >= 0.3 is 5.97 Å². The molecule has 0 spiro atoms. The number of likely N-dealkylation sites (tertiary alicyclic amines) is 1. The van der Waals surface area contributed by atoms with E-state index in [9.17, 15) is 9.59 Å². The Morgan fingerprint density at radius 2 is 2.23 bits per heavy atom. The van der Waals surface area contributed by atoms with Crippen molar-refractivity contribution in [2.75, 3.05) is 18.8 Å². The maximum atomic E-state index is 12.1. The molecule has 2 N–H and O–H groups in total. The van der Waals surface area contributed by atoms with Gasteiger partial charge in [-0.3, -0.25) is 9.78 Å². The lowest BCUT2D eigenvalue weighted by Crippen LogP contribution is -2.41. The highest BCUT2D eigenvalue weighted by molar-refractivity contribution is 8.01. The van der Waals surface area contributed by atoms with Crippen LogP contribution in [0.2, 0.25) is 0 Å². The number of aromatic nitrogens is 2. The van der Waals surface area contributed by atoms with E-state index in [0.717, 1.165) is 23.8 Å². The lowest BCUT2D eigenvalue weighted by molar-refractivity contribution is -0.128. The number of amides is 1. The van der Waals surface area contributed by atoms with E-state index in [2.05, 4.69) is 15.3 Å². The Bertz CT molecular complexity index is 753. The predicted molar refractivity (Wildman–Crippen MR) is 100 cm³/mol. The minimum Gasteiger partial charge on any atom is -0.476 e. The Morgan fingerprint density at radius 3 is 2.96 bits per heavy atom. The fourth-order valence-corrected chi connectivity index (χ4v) is 4.66. The van der Waals surface area contributed by atoms with Gasteiger partial charge in [0.2, 0.25) is 5.91 Å². The molecule has 2 aromatic rings. The van der Waals surface area contributed by atoms with Gasteiger partial charge < -0.3 is 15.3 Å². The van der Waals surface area contributed by atoms with Crippen LogP contribution in [0.3, 0.4) is 0 Å². The third-order valence-electron chi connectivity index (χ3n) is 4.17. The molecule has 138 valence electrons. The summed E-state index contributed by atoms with van der Waals surface area (Å²) in [4.78, 5) is 33.0. The van der Waals surface area contributed by atoms with Crippen molar-refractivity contribution in [1.29, 1.82) is 0 Å². The number of carbonyl (C=O) groups excluding carboxylic acids is 1. The van der Waals surface area contributed by atoms with Crippen LogP contribution in [0.1, 0.15) is 28.9 Å². The van der Waals surface area contributed by atoms with Crippen molar-refractivity contribution in [3.05, 3.63) is 41.2 Å². The molecule has 0 bridgehead atoms. The zero-order valence-corrected chi connectivity index (χ0v) is 15.8. The van der Waals surface area contributed by atoms with Gasteiger partial charge in [0.15, 0.2) is 10.0 Å². The van der Waals surface area contributed by atoms with Gasteiger partial charge in [-0.2, -0.15) is 0 Å². The molecule has 0 aromatic carbocycles. The molecule has 7 nitrogen and oxygen atoms in total. The number of carboxylic acids is 1. The third kappa shape index (κ3) is 5.03. The first kappa shape index (κ1) is 18.8. The summed E-state index contributed by atoms with van der Waals surface area (Å²) >= 11 is 2.82. The number of thioether (sulfide) groups is 1. The Morgan fingerprint density at radius 1 is 1.42 bits per heavy atom. The van der Waals surface area contributed by atoms with Gasteiger partial charge in [-0.05, 0) is 24.1 Å². The number of nitrogens with one attached hydrogen (secondary N) is 1. The average molecular weight is 393 g/mol.